The van der Waals surface area contributed by atoms with E-state index in [0.29, 0.717) is 6.29 Å². The fourth-order valence-corrected chi connectivity index (χ4v) is 0.635. The van der Waals surface area contributed by atoms with Gasteiger partial charge in [-0.05, 0) is 0 Å². The van der Waals surface area contributed by atoms with E-state index in [1.54, 1.807) is 0 Å². The van der Waals surface area contributed by atoms with E-state index >= 15 is 0 Å². The molecule has 0 aliphatic heterocycles. The standard InChI is InChI=1S/C7H11NO3/c1-10-7(11-2)3-6(4-8)5-9/h5-7H,3H2,1-2H3. The molecule has 0 aliphatic carbocycles. The summed E-state index contributed by atoms with van der Waals surface area (Å²) in [6.07, 6.45) is 0.405. The van der Waals surface area contributed by atoms with Crippen molar-refractivity contribution in [2.75, 3.05) is 14.2 Å². The number of hydrogen-bond donors (Lipinski definition) is 0. The number of nitriles is 1. The molecule has 1 atom stereocenters. The summed E-state index contributed by atoms with van der Waals surface area (Å²) in [5.41, 5.74) is 0. The number of carbonyl (C=O) groups is 1. The summed E-state index contributed by atoms with van der Waals surface area (Å²) in [7, 11) is 2.93. The van der Waals surface area contributed by atoms with E-state index in [9.17, 15) is 4.79 Å². The molecular weight excluding hydrogens is 146 g/mol. The first-order valence-corrected chi connectivity index (χ1v) is 3.19. The van der Waals surface area contributed by atoms with Crippen LogP contribution in [0, 0.1) is 17.2 Å². The average Bonchev–Trinajstić information content (AvgIpc) is 2.07. The van der Waals surface area contributed by atoms with Crippen LogP contribution in [0.5, 0.6) is 0 Å². The number of aldehydes is 1. The molecule has 0 rings (SSSR count). The Kier molecular flexibility index (Phi) is 5.35. The van der Waals surface area contributed by atoms with Crippen LogP contribution in [0.2, 0.25) is 0 Å². The molecule has 0 N–H and O–H groups in total. The largest absolute Gasteiger partial charge is 0.356 e. The molecule has 62 valence electrons. The second kappa shape index (κ2) is 5.83. The van der Waals surface area contributed by atoms with Crippen molar-refractivity contribution in [2.24, 2.45) is 5.92 Å². The van der Waals surface area contributed by atoms with E-state index in [-0.39, 0.29) is 6.42 Å². The van der Waals surface area contributed by atoms with Crippen LogP contribution in [0.3, 0.4) is 0 Å². The number of methoxy groups -OCH3 is 2. The van der Waals surface area contributed by atoms with Crippen LogP contribution in [0.15, 0.2) is 0 Å². The molecule has 1 unspecified atom stereocenters. The van der Waals surface area contributed by atoms with Gasteiger partial charge in [0.25, 0.3) is 0 Å². The molecule has 0 heterocycles. The molecule has 4 heteroatoms. The zero-order valence-corrected chi connectivity index (χ0v) is 6.61. The van der Waals surface area contributed by atoms with Crippen LogP contribution < -0.4 is 0 Å². The minimum absolute atomic E-state index is 0.285. The number of hydrogen-bond acceptors (Lipinski definition) is 4. The van der Waals surface area contributed by atoms with Gasteiger partial charge in [0.1, 0.15) is 12.2 Å². The molecular formula is C7H11NO3. The maximum absolute atomic E-state index is 10.2. The smallest absolute Gasteiger partial charge is 0.158 e. The van der Waals surface area contributed by atoms with Crippen molar-refractivity contribution < 1.29 is 14.3 Å². The Balaban J connectivity index is 3.79. The lowest BCUT2D eigenvalue weighted by Crippen LogP contribution is -2.17. The van der Waals surface area contributed by atoms with Gasteiger partial charge in [-0.2, -0.15) is 5.26 Å². The molecule has 0 aromatic heterocycles. The first-order valence-electron chi connectivity index (χ1n) is 3.19. The van der Waals surface area contributed by atoms with Gasteiger partial charge >= 0.3 is 0 Å². The van der Waals surface area contributed by atoms with E-state index < -0.39 is 12.2 Å². The van der Waals surface area contributed by atoms with Gasteiger partial charge in [-0.1, -0.05) is 0 Å². The Morgan fingerprint density at radius 1 is 1.55 bits per heavy atom. The van der Waals surface area contributed by atoms with Gasteiger partial charge in [0.2, 0.25) is 0 Å². The van der Waals surface area contributed by atoms with Crippen molar-refractivity contribution in [3.8, 4) is 6.07 Å². The first-order chi connectivity index (χ1) is 5.28. The summed E-state index contributed by atoms with van der Waals surface area (Å²) in [5, 5.41) is 8.37. The predicted molar refractivity (Wildman–Crippen MR) is 37.6 cm³/mol. The number of rotatable bonds is 5. The summed E-state index contributed by atoms with van der Waals surface area (Å²) in [5.74, 6) is -0.639. The van der Waals surface area contributed by atoms with Gasteiger partial charge in [0.05, 0.1) is 6.07 Å². The first kappa shape index (κ1) is 10.1. The van der Waals surface area contributed by atoms with Crippen molar-refractivity contribution in [1.82, 2.24) is 0 Å². The van der Waals surface area contributed by atoms with Gasteiger partial charge in [-0.3, -0.25) is 0 Å². The minimum Gasteiger partial charge on any atom is -0.356 e. The van der Waals surface area contributed by atoms with E-state index in [2.05, 4.69) is 0 Å². The lowest BCUT2D eigenvalue weighted by molar-refractivity contribution is -0.123. The molecule has 11 heavy (non-hydrogen) atoms. The van der Waals surface area contributed by atoms with Crippen LogP contribution in [0.25, 0.3) is 0 Å². The maximum atomic E-state index is 10.2. The molecule has 0 aliphatic rings. The lowest BCUT2D eigenvalue weighted by Gasteiger charge is -2.12. The highest BCUT2D eigenvalue weighted by atomic mass is 16.7. The normalized spacial score (nSPS) is 12.5. The zero-order chi connectivity index (χ0) is 8.69. The van der Waals surface area contributed by atoms with Crippen LogP contribution >= 0.6 is 0 Å². The van der Waals surface area contributed by atoms with Crippen molar-refractivity contribution in [3.63, 3.8) is 0 Å². The molecule has 0 fully saturated rings. The molecule has 0 aromatic carbocycles. The van der Waals surface area contributed by atoms with Crippen molar-refractivity contribution in [3.05, 3.63) is 0 Å². The number of carbonyl (C=O) groups excluding carboxylic acids is 1. The molecule has 0 saturated heterocycles. The van der Waals surface area contributed by atoms with Crippen molar-refractivity contribution in [2.45, 2.75) is 12.7 Å². The Bertz CT molecular complexity index is 148. The molecule has 4 nitrogen and oxygen atoms in total. The van der Waals surface area contributed by atoms with E-state index in [1.165, 1.54) is 14.2 Å². The Morgan fingerprint density at radius 2 is 2.09 bits per heavy atom. The van der Waals surface area contributed by atoms with Gasteiger partial charge in [0.15, 0.2) is 6.29 Å². The fraction of sp³-hybridized carbons (Fsp3) is 0.714. The monoisotopic (exact) mass is 157 g/mol. The predicted octanol–water partition coefficient (Wildman–Crippen LogP) is 0.334. The van der Waals surface area contributed by atoms with Crippen LogP contribution in [-0.4, -0.2) is 26.8 Å². The quantitative estimate of drug-likeness (QED) is 0.426. The SMILES string of the molecule is COC(CC(C#N)C=O)OC. The van der Waals surface area contributed by atoms with E-state index in [4.69, 9.17) is 14.7 Å². The van der Waals surface area contributed by atoms with Gasteiger partial charge in [0, 0.05) is 20.6 Å². The number of nitrogens with zero attached hydrogens (tertiary/aromatic N) is 1. The molecule has 0 amide bonds. The van der Waals surface area contributed by atoms with Gasteiger partial charge < -0.3 is 14.3 Å². The summed E-state index contributed by atoms with van der Waals surface area (Å²) in [6, 6.07) is 1.82. The molecule has 0 spiro atoms. The third-order valence-electron chi connectivity index (χ3n) is 1.30. The Labute approximate surface area is 65.7 Å². The third-order valence-corrected chi connectivity index (χ3v) is 1.30. The van der Waals surface area contributed by atoms with Crippen LogP contribution in [0.4, 0.5) is 0 Å². The van der Waals surface area contributed by atoms with Crippen LogP contribution in [-0.2, 0) is 14.3 Å². The molecule has 0 radical (unpaired) electrons. The number of ether oxygens (including phenoxy) is 2. The highest BCUT2D eigenvalue weighted by Gasteiger charge is 2.13. The third kappa shape index (κ3) is 3.71. The van der Waals surface area contributed by atoms with Crippen molar-refractivity contribution >= 4 is 6.29 Å². The second-order valence-corrected chi connectivity index (χ2v) is 2.01. The van der Waals surface area contributed by atoms with Gasteiger partial charge in [-0.15, -0.1) is 0 Å². The molecule has 0 bridgehead atoms. The highest BCUT2D eigenvalue weighted by molar-refractivity contribution is 5.57. The average molecular weight is 157 g/mol. The topological polar surface area (TPSA) is 59.3 Å². The lowest BCUT2D eigenvalue weighted by atomic mass is 10.1. The van der Waals surface area contributed by atoms with Gasteiger partial charge in [-0.25, -0.2) is 0 Å². The van der Waals surface area contributed by atoms with Crippen LogP contribution in [0.1, 0.15) is 6.42 Å². The Hall–Kier alpha value is -0.920. The molecule has 0 saturated carbocycles. The maximum Gasteiger partial charge on any atom is 0.158 e. The second-order valence-electron chi connectivity index (χ2n) is 2.01. The van der Waals surface area contributed by atoms with Crippen molar-refractivity contribution in [1.29, 1.82) is 5.26 Å². The Morgan fingerprint density at radius 3 is 2.36 bits per heavy atom. The summed E-state index contributed by atoms with van der Waals surface area (Å²) >= 11 is 0. The molecule has 0 aromatic rings. The van der Waals surface area contributed by atoms with E-state index in [0.717, 1.165) is 0 Å². The summed E-state index contributed by atoms with van der Waals surface area (Å²) in [4.78, 5) is 10.2. The van der Waals surface area contributed by atoms with E-state index in [1.807, 2.05) is 6.07 Å². The summed E-state index contributed by atoms with van der Waals surface area (Å²) < 4.78 is 9.60. The minimum atomic E-state index is -0.639. The highest BCUT2D eigenvalue weighted by Crippen LogP contribution is 2.05. The fourth-order valence-electron chi connectivity index (χ4n) is 0.635. The zero-order valence-electron chi connectivity index (χ0n) is 6.61. The summed E-state index contributed by atoms with van der Waals surface area (Å²) in [6.45, 7) is 0.